The number of benzene rings is 1. The Labute approximate surface area is 173 Å². The van der Waals surface area contributed by atoms with E-state index in [0.29, 0.717) is 18.3 Å². The van der Waals surface area contributed by atoms with Crippen molar-refractivity contribution in [1.82, 2.24) is 19.9 Å². The van der Waals surface area contributed by atoms with Crippen molar-refractivity contribution in [3.63, 3.8) is 0 Å². The predicted molar refractivity (Wildman–Crippen MR) is 121 cm³/mol. The maximum atomic E-state index is 4.88. The van der Waals surface area contributed by atoms with Crippen molar-refractivity contribution in [2.75, 3.05) is 0 Å². The van der Waals surface area contributed by atoms with E-state index in [2.05, 4.69) is 69.4 Å². The van der Waals surface area contributed by atoms with Crippen molar-refractivity contribution in [3.05, 3.63) is 76.8 Å². The van der Waals surface area contributed by atoms with Gasteiger partial charge < -0.3 is 0 Å². The van der Waals surface area contributed by atoms with Gasteiger partial charge in [-0.1, -0.05) is 58.1 Å². The zero-order valence-electron chi connectivity index (χ0n) is 18.3. The van der Waals surface area contributed by atoms with E-state index in [0.717, 1.165) is 50.5 Å². The minimum atomic E-state index is 0.340. The van der Waals surface area contributed by atoms with Gasteiger partial charge in [-0.05, 0) is 49.0 Å². The quantitative estimate of drug-likeness (QED) is 0.476. The third kappa shape index (κ3) is 4.76. The highest BCUT2D eigenvalue weighted by molar-refractivity contribution is 5.81. The number of hydrogen-bond acceptors (Lipinski definition) is 4. The van der Waals surface area contributed by atoms with Gasteiger partial charge in [-0.25, -0.2) is 19.9 Å². The molecule has 0 bridgehead atoms. The van der Waals surface area contributed by atoms with Gasteiger partial charge in [0.1, 0.15) is 12.2 Å². The number of hydrogen-bond donors (Lipinski definition) is 0. The van der Waals surface area contributed by atoms with Gasteiger partial charge in [0.15, 0.2) is 0 Å². The van der Waals surface area contributed by atoms with Gasteiger partial charge in [0, 0.05) is 11.8 Å². The van der Waals surface area contributed by atoms with Crippen LogP contribution in [0, 0.1) is 6.92 Å². The summed E-state index contributed by atoms with van der Waals surface area (Å²) in [6.45, 7) is 16.7. The van der Waals surface area contributed by atoms with Crippen LogP contribution in [0.15, 0.2) is 42.8 Å². The van der Waals surface area contributed by atoms with Gasteiger partial charge in [-0.2, -0.15) is 0 Å². The van der Waals surface area contributed by atoms with Gasteiger partial charge >= 0.3 is 0 Å². The average molecular weight is 387 g/mol. The van der Waals surface area contributed by atoms with Crippen LogP contribution in [0.4, 0.5) is 0 Å². The van der Waals surface area contributed by atoms with Crippen molar-refractivity contribution in [2.45, 2.75) is 59.8 Å². The molecule has 0 aliphatic carbocycles. The highest BCUT2D eigenvalue weighted by Gasteiger charge is 2.14. The molecule has 0 saturated carbocycles. The SMILES string of the molecule is C=C(C)/C=C\c1nc(Cc2ccc3c(C(C)C)ncnc3c2)nc(C(C)C)c1C. The minimum absolute atomic E-state index is 0.340. The predicted octanol–water partition coefficient (Wildman–Crippen LogP) is 6.16. The molecule has 0 aliphatic rings. The molecule has 4 heteroatoms. The molecule has 0 atom stereocenters. The number of aromatic nitrogens is 4. The maximum absolute atomic E-state index is 4.88. The lowest BCUT2D eigenvalue weighted by Gasteiger charge is -2.14. The van der Waals surface area contributed by atoms with Crippen LogP contribution in [0.3, 0.4) is 0 Å². The third-order valence-electron chi connectivity index (χ3n) is 4.98. The first-order chi connectivity index (χ1) is 13.8. The van der Waals surface area contributed by atoms with Gasteiger partial charge in [0.05, 0.1) is 22.6 Å². The van der Waals surface area contributed by atoms with E-state index >= 15 is 0 Å². The zero-order chi connectivity index (χ0) is 21.1. The summed E-state index contributed by atoms with van der Waals surface area (Å²) < 4.78 is 0. The monoisotopic (exact) mass is 386 g/mol. The average Bonchev–Trinajstić information content (AvgIpc) is 2.67. The van der Waals surface area contributed by atoms with Crippen LogP contribution in [0.5, 0.6) is 0 Å². The highest BCUT2D eigenvalue weighted by Crippen LogP contribution is 2.25. The summed E-state index contributed by atoms with van der Waals surface area (Å²) in [6.07, 6.45) is 6.37. The number of rotatable bonds is 6. The number of fused-ring (bicyclic) bond motifs is 1. The van der Waals surface area contributed by atoms with Crippen LogP contribution in [0.1, 0.15) is 80.5 Å². The van der Waals surface area contributed by atoms with Crippen LogP contribution in [0.25, 0.3) is 17.0 Å². The van der Waals surface area contributed by atoms with E-state index < -0.39 is 0 Å². The van der Waals surface area contributed by atoms with Crippen molar-refractivity contribution < 1.29 is 0 Å². The molecule has 0 saturated heterocycles. The summed E-state index contributed by atoms with van der Waals surface area (Å²) in [4.78, 5) is 18.7. The van der Waals surface area contributed by atoms with Crippen LogP contribution in [-0.2, 0) is 6.42 Å². The van der Waals surface area contributed by atoms with Crippen LogP contribution < -0.4 is 0 Å². The van der Waals surface area contributed by atoms with E-state index in [9.17, 15) is 0 Å². The summed E-state index contributed by atoms with van der Waals surface area (Å²) in [5, 5.41) is 1.11. The van der Waals surface area contributed by atoms with Gasteiger partial charge in [0.2, 0.25) is 0 Å². The van der Waals surface area contributed by atoms with E-state index in [1.54, 1.807) is 6.33 Å². The number of nitrogens with zero attached hydrogens (tertiary/aromatic N) is 4. The summed E-state index contributed by atoms with van der Waals surface area (Å²) in [7, 11) is 0. The van der Waals surface area contributed by atoms with Gasteiger partial charge in [-0.3, -0.25) is 0 Å². The van der Waals surface area contributed by atoms with Crippen LogP contribution in [-0.4, -0.2) is 19.9 Å². The molecule has 0 amide bonds. The fourth-order valence-electron chi connectivity index (χ4n) is 3.50. The molecule has 3 rings (SSSR count). The Morgan fingerprint density at radius 2 is 1.76 bits per heavy atom. The third-order valence-corrected chi connectivity index (χ3v) is 4.98. The molecule has 2 heterocycles. The molecule has 0 unspecified atom stereocenters. The van der Waals surface area contributed by atoms with E-state index in [1.807, 2.05) is 19.1 Å². The van der Waals surface area contributed by atoms with Gasteiger partial charge in [0.25, 0.3) is 0 Å². The minimum Gasteiger partial charge on any atom is -0.240 e. The Morgan fingerprint density at radius 3 is 2.41 bits per heavy atom. The molecule has 0 fully saturated rings. The second-order valence-electron chi connectivity index (χ2n) is 8.31. The summed E-state index contributed by atoms with van der Waals surface area (Å²) >= 11 is 0. The molecule has 4 nitrogen and oxygen atoms in total. The zero-order valence-corrected chi connectivity index (χ0v) is 18.3. The first-order valence-corrected chi connectivity index (χ1v) is 10.2. The smallest absolute Gasteiger partial charge is 0.133 e. The lowest BCUT2D eigenvalue weighted by molar-refractivity contribution is 0.776. The van der Waals surface area contributed by atoms with Crippen LogP contribution in [0.2, 0.25) is 0 Å². The molecule has 0 N–H and O–H groups in total. The second kappa shape index (κ2) is 8.64. The largest absolute Gasteiger partial charge is 0.240 e. The Kier molecular flexibility index (Phi) is 6.21. The standard InChI is InChI=1S/C25H30N4/c1-15(2)8-11-21-18(7)24(16(3)4)29-23(28-21)13-19-9-10-20-22(12-19)26-14-27-25(20)17(5)6/h8-12,14,16-17H,1,13H2,2-7H3/b11-8-. The number of allylic oxidation sites excluding steroid dienone is 2. The van der Waals surface area contributed by atoms with E-state index in [4.69, 9.17) is 9.97 Å². The van der Waals surface area contributed by atoms with Crippen molar-refractivity contribution >= 4 is 17.0 Å². The molecule has 0 radical (unpaired) electrons. The topological polar surface area (TPSA) is 51.6 Å². The first kappa shape index (κ1) is 20.8. The van der Waals surface area contributed by atoms with Gasteiger partial charge in [-0.15, -0.1) is 0 Å². The Morgan fingerprint density at radius 1 is 1.03 bits per heavy atom. The lowest BCUT2D eigenvalue weighted by Crippen LogP contribution is -2.07. The van der Waals surface area contributed by atoms with Crippen molar-refractivity contribution in [2.24, 2.45) is 0 Å². The first-order valence-electron chi connectivity index (χ1n) is 10.2. The second-order valence-corrected chi connectivity index (χ2v) is 8.31. The Bertz CT molecular complexity index is 1080. The van der Waals surface area contributed by atoms with E-state index in [-0.39, 0.29) is 0 Å². The summed E-state index contributed by atoms with van der Waals surface area (Å²) in [5.74, 6) is 1.54. The molecule has 0 aliphatic heterocycles. The summed E-state index contributed by atoms with van der Waals surface area (Å²) in [5.41, 5.74) is 7.41. The maximum Gasteiger partial charge on any atom is 0.133 e. The Balaban J connectivity index is 2.02. The molecular formula is C25H30N4. The highest BCUT2D eigenvalue weighted by atomic mass is 14.9. The fourth-order valence-corrected chi connectivity index (χ4v) is 3.50. The normalized spacial score (nSPS) is 11.9. The van der Waals surface area contributed by atoms with Crippen molar-refractivity contribution in [1.29, 1.82) is 0 Å². The summed E-state index contributed by atoms with van der Waals surface area (Å²) in [6, 6.07) is 6.39. The Hall–Kier alpha value is -2.88. The molecular weight excluding hydrogens is 356 g/mol. The molecule has 2 aromatic heterocycles. The molecule has 150 valence electrons. The molecule has 3 aromatic rings. The molecule has 1 aromatic carbocycles. The molecule has 29 heavy (non-hydrogen) atoms. The fraction of sp³-hybridized carbons (Fsp3) is 0.360. The van der Waals surface area contributed by atoms with E-state index in [1.165, 1.54) is 0 Å². The van der Waals surface area contributed by atoms with Crippen molar-refractivity contribution in [3.8, 4) is 0 Å². The van der Waals surface area contributed by atoms with Crippen LogP contribution >= 0.6 is 0 Å². The molecule has 0 spiro atoms. The lowest BCUT2D eigenvalue weighted by atomic mass is 10.0.